The van der Waals surface area contributed by atoms with E-state index in [4.69, 9.17) is 5.73 Å². The van der Waals surface area contributed by atoms with Crippen LogP contribution in [0.25, 0.3) is 22.0 Å². The van der Waals surface area contributed by atoms with Gasteiger partial charge in [-0.05, 0) is 58.6 Å². The maximum absolute atomic E-state index is 5.67. The summed E-state index contributed by atoms with van der Waals surface area (Å²) < 4.78 is 0. The number of nitrogen functional groups attached to an aromatic ring is 1. The molecule has 0 fully saturated rings. The Bertz CT molecular complexity index is 1130. The number of benzene rings is 3. The number of nitrogens with two attached hydrogens (primary N) is 1. The maximum atomic E-state index is 5.67. The zero-order chi connectivity index (χ0) is 18.9. The number of hydrogen-bond acceptors (Lipinski definition) is 4. The standard InChI is InChI=1S/C24H22N4/c25-24-10-9-23(27-28-24)19-7-8-21-20(14-19)15-26-12-11-22(21)18-6-5-16-3-1-2-4-17(16)13-18/h1-10,13-14,22,26H,11-12,15H2,(H2,25,28). The molecular formula is C24H22N4. The third-order valence-corrected chi connectivity index (χ3v) is 5.60. The van der Waals surface area contributed by atoms with Gasteiger partial charge in [0.1, 0.15) is 5.82 Å². The molecule has 2 heterocycles. The number of aromatic nitrogens is 2. The van der Waals surface area contributed by atoms with Crippen LogP contribution in [-0.2, 0) is 6.54 Å². The molecule has 3 aromatic carbocycles. The van der Waals surface area contributed by atoms with Crippen molar-refractivity contribution in [2.45, 2.75) is 18.9 Å². The van der Waals surface area contributed by atoms with Crippen LogP contribution < -0.4 is 11.1 Å². The predicted molar refractivity (Wildman–Crippen MR) is 114 cm³/mol. The van der Waals surface area contributed by atoms with Crippen LogP contribution in [0.5, 0.6) is 0 Å². The number of nitrogens with one attached hydrogen (secondary N) is 1. The normalized spacial score (nSPS) is 16.5. The average molecular weight is 366 g/mol. The lowest BCUT2D eigenvalue weighted by Crippen LogP contribution is -2.12. The molecule has 0 saturated carbocycles. The van der Waals surface area contributed by atoms with Gasteiger partial charge in [0.25, 0.3) is 0 Å². The highest BCUT2D eigenvalue weighted by atomic mass is 15.1. The van der Waals surface area contributed by atoms with Crippen LogP contribution in [-0.4, -0.2) is 16.7 Å². The SMILES string of the molecule is Nc1ccc(-c2ccc3c(c2)CNCCC3c2ccc3ccccc3c2)nn1. The maximum Gasteiger partial charge on any atom is 0.146 e. The van der Waals surface area contributed by atoms with Crippen LogP contribution in [0.3, 0.4) is 0 Å². The molecule has 4 aromatic rings. The first-order valence-corrected chi connectivity index (χ1v) is 9.70. The topological polar surface area (TPSA) is 63.8 Å². The summed E-state index contributed by atoms with van der Waals surface area (Å²) in [5, 5.41) is 14.4. The molecule has 1 atom stereocenters. The first-order valence-electron chi connectivity index (χ1n) is 9.70. The smallest absolute Gasteiger partial charge is 0.146 e. The highest BCUT2D eigenvalue weighted by Gasteiger charge is 2.21. The van der Waals surface area contributed by atoms with Gasteiger partial charge in [0.2, 0.25) is 0 Å². The lowest BCUT2D eigenvalue weighted by molar-refractivity contribution is 0.647. The molecule has 0 bridgehead atoms. The van der Waals surface area contributed by atoms with Crippen LogP contribution >= 0.6 is 0 Å². The number of fused-ring (bicyclic) bond motifs is 2. The Morgan fingerprint density at radius 2 is 1.75 bits per heavy atom. The molecule has 5 rings (SSSR count). The van der Waals surface area contributed by atoms with Gasteiger partial charge < -0.3 is 11.1 Å². The van der Waals surface area contributed by atoms with E-state index in [1.807, 2.05) is 6.07 Å². The van der Waals surface area contributed by atoms with E-state index in [-0.39, 0.29) is 0 Å². The van der Waals surface area contributed by atoms with Crippen molar-refractivity contribution in [3.63, 3.8) is 0 Å². The Morgan fingerprint density at radius 3 is 2.61 bits per heavy atom. The molecule has 4 heteroatoms. The molecule has 28 heavy (non-hydrogen) atoms. The lowest BCUT2D eigenvalue weighted by Gasteiger charge is -2.19. The largest absolute Gasteiger partial charge is 0.382 e. The van der Waals surface area contributed by atoms with Crippen LogP contribution in [0, 0.1) is 0 Å². The van der Waals surface area contributed by atoms with Gasteiger partial charge in [-0.1, -0.05) is 54.6 Å². The fourth-order valence-electron chi connectivity index (χ4n) is 4.15. The van der Waals surface area contributed by atoms with E-state index in [0.29, 0.717) is 11.7 Å². The second-order valence-corrected chi connectivity index (χ2v) is 7.38. The minimum Gasteiger partial charge on any atom is -0.382 e. The first-order chi connectivity index (χ1) is 13.8. The summed E-state index contributed by atoms with van der Waals surface area (Å²) in [5.41, 5.74) is 11.7. The van der Waals surface area contributed by atoms with Crippen molar-refractivity contribution in [3.05, 3.63) is 89.5 Å². The highest BCUT2D eigenvalue weighted by Crippen LogP contribution is 2.35. The minimum absolute atomic E-state index is 0.390. The predicted octanol–water partition coefficient (Wildman–Crippen LogP) is 4.50. The summed E-state index contributed by atoms with van der Waals surface area (Å²) >= 11 is 0. The summed E-state index contributed by atoms with van der Waals surface area (Å²) in [5.74, 6) is 0.831. The van der Waals surface area contributed by atoms with Gasteiger partial charge in [0, 0.05) is 18.0 Å². The lowest BCUT2D eigenvalue weighted by atomic mass is 9.85. The quantitative estimate of drug-likeness (QED) is 0.548. The average Bonchev–Trinajstić information content (AvgIpc) is 2.96. The van der Waals surface area contributed by atoms with Crippen LogP contribution in [0.2, 0.25) is 0 Å². The van der Waals surface area contributed by atoms with E-state index in [2.05, 4.69) is 76.2 Å². The summed E-state index contributed by atoms with van der Waals surface area (Å²) in [6, 6.07) is 25.8. The Morgan fingerprint density at radius 1 is 0.857 bits per heavy atom. The van der Waals surface area contributed by atoms with E-state index in [0.717, 1.165) is 30.8 Å². The molecular weight excluding hydrogens is 344 g/mol. The van der Waals surface area contributed by atoms with E-state index < -0.39 is 0 Å². The van der Waals surface area contributed by atoms with E-state index in [1.54, 1.807) is 6.07 Å². The third kappa shape index (κ3) is 3.12. The highest BCUT2D eigenvalue weighted by molar-refractivity contribution is 5.83. The number of hydrogen-bond donors (Lipinski definition) is 2. The molecule has 0 aliphatic carbocycles. The molecule has 1 unspecified atom stereocenters. The van der Waals surface area contributed by atoms with E-state index in [1.165, 1.54) is 27.5 Å². The Labute approximate surface area is 164 Å². The molecule has 1 aliphatic heterocycles. The van der Waals surface area contributed by atoms with Gasteiger partial charge in [-0.25, -0.2) is 0 Å². The van der Waals surface area contributed by atoms with Gasteiger partial charge in [0.15, 0.2) is 0 Å². The van der Waals surface area contributed by atoms with E-state index >= 15 is 0 Å². The monoisotopic (exact) mass is 366 g/mol. The molecule has 0 radical (unpaired) electrons. The zero-order valence-corrected chi connectivity index (χ0v) is 15.6. The molecule has 0 spiro atoms. The number of rotatable bonds is 2. The summed E-state index contributed by atoms with van der Waals surface area (Å²) in [4.78, 5) is 0. The van der Waals surface area contributed by atoms with Crippen molar-refractivity contribution in [2.75, 3.05) is 12.3 Å². The second-order valence-electron chi connectivity index (χ2n) is 7.38. The molecule has 1 aliphatic rings. The zero-order valence-electron chi connectivity index (χ0n) is 15.6. The minimum atomic E-state index is 0.390. The summed E-state index contributed by atoms with van der Waals surface area (Å²) in [7, 11) is 0. The number of anilines is 1. The van der Waals surface area contributed by atoms with Gasteiger partial charge in [-0.15, -0.1) is 10.2 Å². The molecule has 138 valence electrons. The van der Waals surface area contributed by atoms with Crippen LogP contribution in [0.1, 0.15) is 29.0 Å². The Balaban J connectivity index is 1.57. The fourth-order valence-corrected chi connectivity index (χ4v) is 4.15. The van der Waals surface area contributed by atoms with Gasteiger partial charge in [-0.3, -0.25) is 0 Å². The number of nitrogens with zero attached hydrogens (tertiary/aromatic N) is 2. The van der Waals surface area contributed by atoms with Gasteiger partial charge in [0.05, 0.1) is 5.69 Å². The second kappa shape index (κ2) is 7.06. The molecule has 4 nitrogen and oxygen atoms in total. The Kier molecular flexibility index (Phi) is 4.26. The molecule has 1 aromatic heterocycles. The van der Waals surface area contributed by atoms with Crippen LogP contribution in [0.4, 0.5) is 5.82 Å². The molecule has 0 amide bonds. The summed E-state index contributed by atoms with van der Waals surface area (Å²) in [6.45, 7) is 1.87. The fraction of sp³-hybridized carbons (Fsp3) is 0.167. The molecule has 3 N–H and O–H groups in total. The van der Waals surface area contributed by atoms with Crippen LogP contribution in [0.15, 0.2) is 72.8 Å². The molecule has 0 saturated heterocycles. The summed E-state index contributed by atoms with van der Waals surface area (Å²) in [6.07, 6.45) is 1.09. The van der Waals surface area contributed by atoms with Crippen molar-refractivity contribution in [1.82, 2.24) is 15.5 Å². The van der Waals surface area contributed by atoms with Gasteiger partial charge in [-0.2, -0.15) is 0 Å². The van der Waals surface area contributed by atoms with E-state index in [9.17, 15) is 0 Å². The first kappa shape index (κ1) is 16.9. The van der Waals surface area contributed by atoms with Crippen molar-refractivity contribution in [2.24, 2.45) is 0 Å². The van der Waals surface area contributed by atoms with Crippen molar-refractivity contribution >= 4 is 16.6 Å². The Hall–Kier alpha value is -3.24. The van der Waals surface area contributed by atoms with Crippen molar-refractivity contribution in [1.29, 1.82) is 0 Å². The van der Waals surface area contributed by atoms with Crippen molar-refractivity contribution in [3.8, 4) is 11.3 Å². The van der Waals surface area contributed by atoms with Crippen molar-refractivity contribution < 1.29 is 0 Å². The van der Waals surface area contributed by atoms with Gasteiger partial charge >= 0.3 is 0 Å². The third-order valence-electron chi connectivity index (χ3n) is 5.60.